The molecule has 9 nitrogen and oxygen atoms in total. The number of nitrogens with one attached hydrogen (secondary N) is 1. The number of ether oxygens (including phenoxy) is 2. The SMILES string of the molecule is CCC(CN(CC(=O)OC(C)(C)C)C(=O)OC(C)(C)C)c1[nH]cnc1C(=O)O. The Morgan fingerprint density at radius 3 is 2.18 bits per heavy atom. The minimum atomic E-state index is -1.16. The third kappa shape index (κ3) is 7.58. The van der Waals surface area contributed by atoms with Gasteiger partial charge >= 0.3 is 18.0 Å². The number of carboxylic acid groups (broad SMARTS) is 1. The van der Waals surface area contributed by atoms with Crippen molar-refractivity contribution in [1.29, 1.82) is 0 Å². The minimum absolute atomic E-state index is 0.0765. The molecule has 0 bridgehead atoms. The first-order valence-corrected chi connectivity index (χ1v) is 9.19. The van der Waals surface area contributed by atoms with Gasteiger partial charge in [-0.25, -0.2) is 14.6 Å². The molecule has 2 N–H and O–H groups in total. The van der Waals surface area contributed by atoms with Gasteiger partial charge in [0.15, 0.2) is 5.69 Å². The summed E-state index contributed by atoms with van der Waals surface area (Å²) in [5.74, 6) is -2.11. The Hall–Kier alpha value is -2.58. The fourth-order valence-corrected chi connectivity index (χ4v) is 2.54. The predicted octanol–water partition coefficient (Wildman–Crippen LogP) is 3.18. The molecule has 0 fully saturated rings. The average Bonchev–Trinajstić information content (AvgIpc) is 2.97. The number of aromatic amines is 1. The number of aromatic carboxylic acids is 1. The molecule has 1 aromatic rings. The van der Waals surface area contributed by atoms with Crippen molar-refractivity contribution in [2.24, 2.45) is 0 Å². The Morgan fingerprint density at radius 1 is 1.14 bits per heavy atom. The molecule has 158 valence electrons. The number of H-pyrrole nitrogens is 1. The molecule has 1 aromatic heterocycles. The van der Waals surface area contributed by atoms with Crippen LogP contribution in [0.1, 0.15) is 77.0 Å². The second-order valence-corrected chi connectivity index (χ2v) is 8.52. The van der Waals surface area contributed by atoms with Crippen molar-refractivity contribution in [3.8, 4) is 0 Å². The summed E-state index contributed by atoms with van der Waals surface area (Å²) in [7, 11) is 0. The maximum atomic E-state index is 12.7. The van der Waals surface area contributed by atoms with Crippen molar-refractivity contribution >= 4 is 18.0 Å². The van der Waals surface area contributed by atoms with E-state index in [0.717, 1.165) is 0 Å². The molecule has 0 radical (unpaired) electrons. The summed E-state index contributed by atoms with van der Waals surface area (Å²) >= 11 is 0. The number of rotatable bonds is 7. The summed E-state index contributed by atoms with van der Waals surface area (Å²) in [6.45, 7) is 12.0. The highest BCUT2D eigenvalue weighted by Crippen LogP contribution is 2.23. The second kappa shape index (κ2) is 9.07. The number of aromatic nitrogens is 2. The Balaban J connectivity index is 3.08. The van der Waals surface area contributed by atoms with E-state index in [9.17, 15) is 19.5 Å². The van der Waals surface area contributed by atoms with Gasteiger partial charge in [-0.05, 0) is 48.0 Å². The average molecular weight is 397 g/mol. The molecule has 0 spiro atoms. The van der Waals surface area contributed by atoms with Crippen LogP contribution in [0.3, 0.4) is 0 Å². The number of amides is 1. The number of carboxylic acids is 1. The van der Waals surface area contributed by atoms with E-state index in [1.165, 1.54) is 11.2 Å². The minimum Gasteiger partial charge on any atom is -0.476 e. The molecule has 1 unspecified atom stereocenters. The van der Waals surface area contributed by atoms with Crippen LogP contribution in [0.5, 0.6) is 0 Å². The highest BCUT2D eigenvalue weighted by molar-refractivity contribution is 5.87. The zero-order chi connectivity index (χ0) is 21.7. The summed E-state index contributed by atoms with van der Waals surface area (Å²) in [6.07, 6.45) is 1.15. The van der Waals surface area contributed by atoms with Gasteiger partial charge in [0.2, 0.25) is 0 Å². The van der Waals surface area contributed by atoms with Crippen molar-refractivity contribution in [1.82, 2.24) is 14.9 Å². The third-order valence-electron chi connectivity index (χ3n) is 3.60. The van der Waals surface area contributed by atoms with Crippen LogP contribution in [0.25, 0.3) is 0 Å². The van der Waals surface area contributed by atoms with Crippen LogP contribution in [0.4, 0.5) is 4.79 Å². The van der Waals surface area contributed by atoms with Crippen LogP contribution >= 0.6 is 0 Å². The Kier molecular flexibility index (Phi) is 7.60. The van der Waals surface area contributed by atoms with Crippen molar-refractivity contribution in [2.45, 2.75) is 72.0 Å². The molecule has 1 rings (SSSR count). The number of hydrogen-bond donors (Lipinski definition) is 2. The monoisotopic (exact) mass is 397 g/mol. The molecule has 1 heterocycles. The van der Waals surface area contributed by atoms with Gasteiger partial charge < -0.3 is 19.6 Å². The molecule has 0 aromatic carbocycles. The van der Waals surface area contributed by atoms with Crippen LogP contribution in [-0.2, 0) is 14.3 Å². The van der Waals surface area contributed by atoms with Crippen molar-refractivity contribution in [3.63, 3.8) is 0 Å². The summed E-state index contributed by atoms with van der Waals surface area (Å²) < 4.78 is 10.7. The van der Waals surface area contributed by atoms with Gasteiger partial charge in [0, 0.05) is 12.5 Å². The molecule has 0 saturated heterocycles. The van der Waals surface area contributed by atoms with Gasteiger partial charge in [-0.1, -0.05) is 6.92 Å². The van der Waals surface area contributed by atoms with Crippen LogP contribution in [0.15, 0.2) is 6.33 Å². The zero-order valence-corrected chi connectivity index (χ0v) is 17.7. The van der Waals surface area contributed by atoms with Gasteiger partial charge in [0.25, 0.3) is 0 Å². The summed E-state index contributed by atoms with van der Waals surface area (Å²) in [6, 6.07) is 0. The van der Waals surface area contributed by atoms with Crippen LogP contribution in [-0.4, -0.2) is 62.3 Å². The maximum Gasteiger partial charge on any atom is 0.410 e. The van der Waals surface area contributed by atoms with E-state index >= 15 is 0 Å². The molecule has 0 aliphatic heterocycles. The normalized spacial score (nSPS) is 13.0. The zero-order valence-electron chi connectivity index (χ0n) is 17.7. The molecular weight excluding hydrogens is 366 g/mol. The molecule has 1 amide bonds. The number of nitrogens with zero attached hydrogens (tertiary/aromatic N) is 2. The number of imidazole rings is 1. The fourth-order valence-electron chi connectivity index (χ4n) is 2.54. The van der Waals surface area contributed by atoms with Crippen molar-refractivity contribution in [2.75, 3.05) is 13.1 Å². The van der Waals surface area contributed by atoms with Gasteiger partial charge in [0.05, 0.1) is 12.0 Å². The van der Waals surface area contributed by atoms with Crippen molar-refractivity contribution < 1.29 is 29.0 Å². The van der Waals surface area contributed by atoms with Crippen LogP contribution in [0.2, 0.25) is 0 Å². The van der Waals surface area contributed by atoms with Crippen LogP contribution < -0.4 is 0 Å². The van der Waals surface area contributed by atoms with E-state index < -0.39 is 29.2 Å². The van der Waals surface area contributed by atoms with Gasteiger partial charge in [0.1, 0.15) is 17.7 Å². The highest BCUT2D eigenvalue weighted by atomic mass is 16.6. The first kappa shape index (κ1) is 23.5. The van der Waals surface area contributed by atoms with E-state index in [1.54, 1.807) is 41.5 Å². The molecule has 1 atom stereocenters. The quantitative estimate of drug-likeness (QED) is 0.678. The largest absolute Gasteiger partial charge is 0.476 e. The van der Waals surface area contributed by atoms with Gasteiger partial charge in [-0.15, -0.1) is 0 Å². The molecule has 28 heavy (non-hydrogen) atoms. The maximum absolute atomic E-state index is 12.7. The summed E-state index contributed by atoms with van der Waals surface area (Å²) in [5.41, 5.74) is -1.15. The lowest BCUT2D eigenvalue weighted by molar-refractivity contribution is -0.156. The number of carbonyl (C=O) groups excluding carboxylic acids is 2. The molecule has 0 aliphatic carbocycles. The molecule has 9 heteroatoms. The lowest BCUT2D eigenvalue weighted by Crippen LogP contribution is -2.43. The molecule has 0 saturated carbocycles. The number of hydrogen-bond acceptors (Lipinski definition) is 6. The van der Waals surface area contributed by atoms with E-state index in [1.807, 2.05) is 6.92 Å². The fraction of sp³-hybridized carbons (Fsp3) is 0.684. The number of carbonyl (C=O) groups is 3. The van der Waals surface area contributed by atoms with E-state index in [4.69, 9.17) is 9.47 Å². The smallest absolute Gasteiger partial charge is 0.410 e. The van der Waals surface area contributed by atoms with Gasteiger partial charge in [-0.2, -0.15) is 0 Å². The standard InChI is InChI=1S/C19H31N3O6/c1-8-12(14-15(16(24)25)21-11-20-14)9-22(17(26)28-19(5,6)7)10-13(23)27-18(2,3)4/h11-12H,8-10H2,1-7H3,(H,20,21)(H,24,25). The lowest BCUT2D eigenvalue weighted by atomic mass is 10.00. The molecule has 0 aliphatic rings. The number of esters is 1. The molecular formula is C19H31N3O6. The summed E-state index contributed by atoms with van der Waals surface area (Å²) in [5, 5.41) is 9.31. The highest BCUT2D eigenvalue weighted by Gasteiger charge is 2.30. The Bertz CT molecular complexity index is 699. The first-order valence-electron chi connectivity index (χ1n) is 9.19. The van der Waals surface area contributed by atoms with E-state index in [-0.39, 0.29) is 24.7 Å². The Morgan fingerprint density at radius 2 is 1.71 bits per heavy atom. The van der Waals surface area contributed by atoms with Crippen LogP contribution in [0, 0.1) is 0 Å². The predicted molar refractivity (Wildman–Crippen MR) is 102 cm³/mol. The Labute approximate surface area is 165 Å². The topological polar surface area (TPSA) is 122 Å². The van der Waals surface area contributed by atoms with Gasteiger partial charge in [-0.3, -0.25) is 9.69 Å². The lowest BCUT2D eigenvalue weighted by Gasteiger charge is -2.30. The first-order chi connectivity index (χ1) is 12.7. The van der Waals surface area contributed by atoms with E-state index in [2.05, 4.69) is 9.97 Å². The third-order valence-corrected chi connectivity index (χ3v) is 3.60. The summed E-state index contributed by atoms with van der Waals surface area (Å²) in [4.78, 5) is 44.2. The van der Waals surface area contributed by atoms with E-state index in [0.29, 0.717) is 12.1 Å². The van der Waals surface area contributed by atoms with Crippen molar-refractivity contribution in [3.05, 3.63) is 17.7 Å². The second-order valence-electron chi connectivity index (χ2n) is 8.52.